The fraction of sp³-hybridized carbons (Fsp3) is 0.133. The van der Waals surface area contributed by atoms with E-state index in [1.165, 1.54) is 0 Å². The maximum absolute atomic E-state index is 13.8. The first kappa shape index (κ1) is 24.5. The van der Waals surface area contributed by atoms with Crippen LogP contribution in [-0.2, 0) is 0 Å². The van der Waals surface area contributed by atoms with E-state index >= 15 is 0 Å². The summed E-state index contributed by atoms with van der Waals surface area (Å²) in [5, 5.41) is 6.22. The zero-order valence-corrected chi connectivity index (χ0v) is 20.7. The van der Waals surface area contributed by atoms with E-state index in [1.54, 1.807) is 67.7 Å². The quantitative estimate of drug-likeness (QED) is 0.168. The van der Waals surface area contributed by atoms with Crippen molar-refractivity contribution >= 4 is 22.9 Å². The Balaban J connectivity index is 1.90. The van der Waals surface area contributed by atoms with Gasteiger partial charge in [-0.25, -0.2) is 0 Å². The minimum Gasteiger partial charge on any atom is -0.388 e. The Morgan fingerprint density at radius 1 is 0.639 bits per heavy atom. The van der Waals surface area contributed by atoms with Crippen LogP contribution in [0.1, 0.15) is 43.0 Å². The van der Waals surface area contributed by atoms with E-state index in [4.69, 9.17) is 9.78 Å². The molecule has 0 spiro atoms. The minimum absolute atomic E-state index is 0.147. The van der Waals surface area contributed by atoms with Gasteiger partial charge in [0, 0.05) is 53.3 Å². The second-order valence-corrected chi connectivity index (χ2v) is 8.29. The Morgan fingerprint density at radius 3 is 1.81 bits per heavy atom. The predicted octanol–water partition coefficient (Wildman–Crippen LogP) is 6.22. The van der Waals surface area contributed by atoms with Crippen molar-refractivity contribution < 1.29 is 19.4 Å². The van der Waals surface area contributed by atoms with Gasteiger partial charge >= 0.3 is 0 Å². The Kier molecular flexibility index (Phi) is 7.35. The summed E-state index contributed by atoms with van der Waals surface area (Å²) in [7, 11) is 3.58. The fourth-order valence-electron chi connectivity index (χ4n) is 4.07. The molecule has 0 aliphatic heterocycles. The molecule has 0 saturated heterocycles. The number of hydrogen-bond acceptors (Lipinski definition) is 6. The van der Waals surface area contributed by atoms with Gasteiger partial charge in [0.2, 0.25) is 0 Å². The highest BCUT2D eigenvalue weighted by Crippen LogP contribution is 2.37. The highest BCUT2D eigenvalue weighted by molar-refractivity contribution is 6.21. The normalized spacial score (nSPS) is 10.4. The van der Waals surface area contributed by atoms with Crippen molar-refractivity contribution in [3.8, 4) is 11.5 Å². The first-order valence-electron chi connectivity index (χ1n) is 11.6. The molecule has 0 aliphatic carbocycles. The molecular weight excluding hydrogens is 452 g/mol. The number of carbonyl (C=O) groups excluding carboxylic acids is 2. The van der Waals surface area contributed by atoms with Crippen LogP contribution in [0.25, 0.3) is 0 Å². The first-order valence-corrected chi connectivity index (χ1v) is 11.6. The van der Waals surface area contributed by atoms with Crippen LogP contribution in [0.15, 0.2) is 84.9 Å². The molecule has 4 aromatic rings. The number of rotatable bonds is 9. The summed E-state index contributed by atoms with van der Waals surface area (Å²) in [5.74, 6) is 0.0546. The summed E-state index contributed by atoms with van der Waals surface area (Å²) < 4.78 is 0. The molecule has 0 saturated carbocycles. The van der Waals surface area contributed by atoms with Crippen molar-refractivity contribution in [2.45, 2.75) is 13.8 Å². The molecule has 0 fully saturated rings. The van der Waals surface area contributed by atoms with E-state index in [9.17, 15) is 9.59 Å². The number of anilines is 2. The lowest BCUT2D eigenvalue weighted by molar-refractivity contribution is -0.101. The third kappa shape index (κ3) is 4.79. The van der Waals surface area contributed by atoms with E-state index in [1.807, 2.05) is 45.2 Å². The van der Waals surface area contributed by atoms with Gasteiger partial charge < -0.3 is 10.6 Å². The zero-order valence-electron chi connectivity index (χ0n) is 20.7. The number of ketones is 2. The Bertz CT molecular complexity index is 1400. The first-order chi connectivity index (χ1) is 17.5. The number of nitrogens with one attached hydrogen (secondary N) is 2. The smallest absolute Gasteiger partial charge is 0.197 e. The molecule has 6 nitrogen and oxygen atoms in total. The van der Waals surface area contributed by atoms with Gasteiger partial charge in [-0.15, -0.1) is 0 Å². The fourth-order valence-corrected chi connectivity index (χ4v) is 4.07. The van der Waals surface area contributed by atoms with Crippen LogP contribution >= 0.6 is 0 Å². The molecule has 0 aromatic heterocycles. The number of benzene rings is 4. The molecular formula is C30H28N2O4. The van der Waals surface area contributed by atoms with E-state index < -0.39 is 0 Å². The molecule has 6 heteroatoms. The maximum atomic E-state index is 13.8. The van der Waals surface area contributed by atoms with E-state index in [2.05, 4.69) is 10.6 Å². The molecule has 4 aromatic carbocycles. The van der Waals surface area contributed by atoms with Crippen molar-refractivity contribution in [3.05, 3.63) is 118 Å². The van der Waals surface area contributed by atoms with Crippen molar-refractivity contribution in [1.29, 1.82) is 0 Å². The average molecular weight is 481 g/mol. The van der Waals surface area contributed by atoms with Crippen LogP contribution in [0.4, 0.5) is 11.4 Å². The van der Waals surface area contributed by atoms with Gasteiger partial charge in [-0.3, -0.25) is 19.4 Å². The highest BCUT2D eigenvalue weighted by Gasteiger charge is 2.28. The van der Waals surface area contributed by atoms with Crippen molar-refractivity contribution in [2.24, 2.45) is 0 Å². The molecule has 0 atom stereocenters. The summed E-state index contributed by atoms with van der Waals surface area (Å²) in [5.41, 5.74) is 4.31. The topological polar surface area (TPSA) is 76.7 Å². The predicted molar refractivity (Wildman–Crippen MR) is 142 cm³/mol. The molecule has 0 bridgehead atoms. The Hall–Kier alpha value is -4.58. The second-order valence-electron chi connectivity index (χ2n) is 8.29. The van der Waals surface area contributed by atoms with E-state index in [0.717, 1.165) is 11.3 Å². The molecule has 182 valence electrons. The van der Waals surface area contributed by atoms with Gasteiger partial charge in [0.05, 0.1) is 5.56 Å². The van der Waals surface area contributed by atoms with E-state index in [0.29, 0.717) is 28.1 Å². The Labute approximate surface area is 210 Å². The van der Waals surface area contributed by atoms with Crippen LogP contribution in [0, 0.1) is 13.8 Å². The van der Waals surface area contributed by atoms with Gasteiger partial charge in [-0.05, 0) is 32.0 Å². The average Bonchev–Trinajstić information content (AvgIpc) is 2.93. The molecule has 0 amide bonds. The molecule has 0 radical (unpaired) electrons. The summed E-state index contributed by atoms with van der Waals surface area (Å²) >= 11 is 0. The minimum atomic E-state index is -0.333. The van der Waals surface area contributed by atoms with Crippen LogP contribution in [-0.4, -0.2) is 25.7 Å². The maximum Gasteiger partial charge on any atom is 0.197 e. The lowest BCUT2D eigenvalue weighted by Crippen LogP contribution is -2.17. The molecule has 2 N–H and O–H groups in total. The van der Waals surface area contributed by atoms with Gasteiger partial charge in [0.15, 0.2) is 23.1 Å². The molecule has 0 heterocycles. The monoisotopic (exact) mass is 480 g/mol. The highest BCUT2D eigenvalue weighted by atomic mass is 17.2. The van der Waals surface area contributed by atoms with Gasteiger partial charge in [0.25, 0.3) is 0 Å². The molecule has 36 heavy (non-hydrogen) atoms. The summed E-state index contributed by atoms with van der Waals surface area (Å²) in [6.45, 7) is 3.72. The van der Waals surface area contributed by atoms with Gasteiger partial charge in [-0.1, -0.05) is 66.7 Å². The largest absolute Gasteiger partial charge is 0.388 e. The van der Waals surface area contributed by atoms with Crippen LogP contribution in [0.5, 0.6) is 11.5 Å². The summed E-state index contributed by atoms with van der Waals surface area (Å²) in [6, 6.07) is 24.9. The lowest BCUT2D eigenvalue weighted by atomic mass is 9.90. The molecule has 0 aliphatic rings. The summed E-state index contributed by atoms with van der Waals surface area (Å²) in [6.07, 6.45) is 0. The van der Waals surface area contributed by atoms with E-state index in [-0.39, 0.29) is 28.4 Å². The Morgan fingerprint density at radius 2 is 1.22 bits per heavy atom. The third-order valence-electron chi connectivity index (χ3n) is 6.11. The van der Waals surface area contributed by atoms with Gasteiger partial charge in [-0.2, -0.15) is 0 Å². The van der Waals surface area contributed by atoms with Crippen LogP contribution in [0.2, 0.25) is 0 Å². The number of hydrogen-bond donors (Lipinski definition) is 2. The van der Waals surface area contributed by atoms with Crippen LogP contribution < -0.4 is 20.4 Å². The van der Waals surface area contributed by atoms with Crippen molar-refractivity contribution in [3.63, 3.8) is 0 Å². The summed E-state index contributed by atoms with van der Waals surface area (Å²) in [4.78, 5) is 39.2. The lowest BCUT2D eigenvalue weighted by Gasteiger charge is -2.19. The number of carbonyl (C=O) groups is 2. The standard InChI is InChI=1S/C30H28N2O4/c1-19-24(31-3)16-11-17-26(19)35-36-30-20(2)25(32-4)18-23(28(33)21-12-7-5-8-13-21)27(30)29(34)22-14-9-6-10-15-22/h5-18,31-32H,1-4H3. The zero-order chi connectivity index (χ0) is 25.7. The molecule has 0 unspecified atom stereocenters. The van der Waals surface area contributed by atoms with Crippen LogP contribution in [0.3, 0.4) is 0 Å². The second kappa shape index (κ2) is 10.8. The molecule has 4 rings (SSSR count). The third-order valence-corrected chi connectivity index (χ3v) is 6.11. The SMILES string of the molecule is CNc1cccc(OOc2c(C)c(NC)cc(C(=O)c3ccccc3)c2C(=O)c2ccccc2)c1C. The van der Waals surface area contributed by atoms with Crippen molar-refractivity contribution in [1.82, 2.24) is 0 Å². The van der Waals surface area contributed by atoms with Gasteiger partial charge in [0.1, 0.15) is 0 Å². The van der Waals surface area contributed by atoms with Crippen molar-refractivity contribution in [2.75, 3.05) is 24.7 Å².